The predicted molar refractivity (Wildman–Crippen MR) is 109 cm³/mol. The zero-order valence-corrected chi connectivity index (χ0v) is 17.1. The second kappa shape index (κ2) is 8.89. The molecule has 1 saturated carbocycles. The van der Waals surface area contributed by atoms with Crippen LogP contribution < -0.4 is 5.73 Å². The number of fused-ring (bicyclic) bond motifs is 1. The molecule has 5 nitrogen and oxygen atoms in total. The van der Waals surface area contributed by atoms with Crippen molar-refractivity contribution < 1.29 is 0 Å². The Balaban J connectivity index is 0.00000121. The fourth-order valence-corrected chi connectivity index (χ4v) is 4.54. The highest BCUT2D eigenvalue weighted by molar-refractivity contribution is 6.30. The highest BCUT2D eigenvalue weighted by Crippen LogP contribution is 2.41. The average Bonchev–Trinajstić information content (AvgIpc) is 3.09. The van der Waals surface area contributed by atoms with Crippen LogP contribution in [0, 0.1) is 0 Å². The molecule has 0 atom stereocenters. The molecule has 1 aliphatic heterocycles. The van der Waals surface area contributed by atoms with Gasteiger partial charge >= 0.3 is 0 Å². The Morgan fingerprint density at radius 1 is 1.19 bits per heavy atom. The molecule has 0 spiro atoms. The summed E-state index contributed by atoms with van der Waals surface area (Å²) in [4.78, 5) is 2.57. The number of hydrogen-bond donors (Lipinski definition) is 1. The van der Waals surface area contributed by atoms with E-state index in [9.17, 15) is 0 Å². The summed E-state index contributed by atoms with van der Waals surface area (Å²) in [6, 6.07) is 8.87. The smallest absolute Gasteiger partial charge is 0.147 e. The lowest BCUT2D eigenvalue weighted by Crippen LogP contribution is -2.47. The van der Waals surface area contributed by atoms with Gasteiger partial charge in [-0.2, -0.15) is 0 Å². The molecule has 1 aliphatic carbocycles. The monoisotopic (exact) mass is 417 g/mol. The van der Waals surface area contributed by atoms with E-state index in [0.717, 1.165) is 43.3 Å². The summed E-state index contributed by atoms with van der Waals surface area (Å²) >= 11 is 6.21. The number of benzene rings is 1. The maximum absolute atomic E-state index is 6.22. The van der Waals surface area contributed by atoms with Crippen molar-refractivity contribution in [3.05, 3.63) is 47.0 Å². The number of nitrogens with zero attached hydrogens (tertiary/aromatic N) is 4. The first-order valence-corrected chi connectivity index (χ1v) is 9.15. The van der Waals surface area contributed by atoms with Crippen molar-refractivity contribution in [2.24, 2.45) is 5.73 Å². The van der Waals surface area contributed by atoms with Gasteiger partial charge in [0.05, 0.1) is 6.54 Å². The topological polar surface area (TPSA) is 60.0 Å². The molecule has 1 fully saturated rings. The molecule has 0 bridgehead atoms. The standard InChI is InChI=1S/C18H24ClN5.2ClH/c19-15-3-1-2-14(10-15)18(12-20)6-4-16(5-7-18)23-8-9-24-13-21-22-17(24)11-23;;/h1-3,10,13,16H,4-9,11-12,20H2;2*1H/t16-,18-;;. The van der Waals surface area contributed by atoms with Crippen molar-refractivity contribution in [1.82, 2.24) is 19.7 Å². The van der Waals surface area contributed by atoms with Crippen molar-refractivity contribution in [2.75, 3.05) is 13.1 Å². The van der Waals surface area contributed by atoms with Gasteiger partial charge in [0.25, 0.3) is 0 Å². The van der Waals surface area contributed by atoms with Crippen LogP contribution in [0.4, 0.5) is 0 Å². The van der Waals surface area contributed by atoms with Crippen molar-refractivity contribution in [3.8, 4) is 0 Å². The minimum Gasteiger partial charge on any atom is -0.330 e. The Kier molecular flexibility index (Phi) is 7.34. The summed E-state index contributed by atoms with van der Waals surface area (Å²) in [5.41, 5.74) is 7.60. The molecule has 2 heterocycles. The number of nitrogens with two attached hydrogens (primary N) is 1. The lowest BCUT2D eigenvalue weighted by atomic mass is 9.68. The van der Waals surface area contributed by atoms with E-state index in [0.29, 0.717) is 12.6 Å². The zero-order chi connectivity index (χ0) is 16.6. The first kappa shape index (κ1) is 21.5. The molecule has 0 amide bonds. The van der Waals surface area contributed by atoms with Gasteiger partial charge in [-0.25, -0.2) is 0 Å². The summed E-state index contributed by atoms with van der Waals surface area (Å²) in [7, 11) is 0. The number of hydrogen-bond acceptors (Lipinski definition) is 4. The van der Waals surface area contributed by atoms with Gasteiger partial charge in [-0.3, -0.25) is 4.90 Å². The molecule has 0 radical (unpaired) electrons. The lowest BCUT2D eigenvalue weighted by molar-refractivity contribution is 0.0975. The highest BCUT2D eigenvalue weighted by atomic mass is 35.5. The molecule has 2 aliphatic rings. The molecular formula is C18H26Cl3N5. The Morgan fingerprint density at radius 3 is 2.65 bits per heavy atom. The number of aromatic nitrogens is 3. The molecule has 26 heavy (non-hydrogen) atoms. The highest BCUT2D eigenvalue weighted by Gasteiger charge is 2.38. The van der Waals surface area contributed by atoms with E-state index in [-0.39, 0.29) is 30.2 Å². The van der Waals surface area contributed by atoms with Crippen LogP contribution in [0.1, 0.15) is 37.1 Å². The first-order valence-electron chi connectivity index (χ1n) is 8.77. The third kappa shape index (κ3) is 4.02. The lowest BCUT2D eigenvalue weighted by Gasteiger charge is -2.44. The molecule has 1 aromatic heterocycles. The molecule has 0 unspecified atom stereocenters. The largest absolute Gasteiger partial charge is 0.330 e. The van der Waals surface area contributed by atoms with Gasteiger partial charge in [0.15, 0.2) is 0 Å². The van der Waals surface area contributed by atoms with Gasteiger partial charge in [0.2, 0.25) is 0 Å². The van der Waals surface area contributed by atoms with Crippen LogP contribution in [0.25, 0.3) is 0 Å². The van der Waals surface area contributed by atoms with Gasteiger partial charge in [-0.15, -0.1) is 35.0 Å². The number of rotatable bonds is 3. The molecule has 2 aromatic rings. The second-order valence-electron chi connectivity index (χ2n) is 7.14. The maximum Gasteiger partial charge on any atom is 0.147 e. The first-order chi connectivity index (χ1) is 11.7. The summed E-state index contributed by atoms with van der Waals surface area (Å²) in [5.74, 6) is 1.09. The third-order valence-electron chi connectivity index (χ3n) is 5.92. The zero-order valence-electron chi connectivity index (χ0n) is 14.7. The summed E-state index contributed by atoms with van der Waals surface area (Å²) < 4.78 is 2.16. The molecule has 2 N–H and O–H groups in total. The summed E-state index contributed by atoms with van der Waals surface area (Å²) in [6.07, 6.45) is 6.44. The average molecular weight is 419 g/mol. The summed E-state index contributed by atoms with van der Waals surface area (Å²) in [5, 5.41) is 9.07. The van der Waals surface area contributed by atoms with E-state index in [1.165, 1.54) is 18.4 Å². The minimum atomic E-state index is 0. The Bertz CT molecular complexity index is 712. The SMILES string of the molecule is Cl.Cl.NC[C@]1(c2cccc(Cl)c2)CC[C@H](N2CCn3cnnc3C2)CC1. The van der Waals surface area contributed by atoms with Crippen LogP contribution in [-0.4, -0.2) is 38.8 Å². The van der Waals surface area contributed by atoms with E-state index in [4.69, 9.17) is 17.3 Å². The summed E-state index contributed by atoms with van der Waals surface area (Å²) in [6.45, 7) is 3.68. The van der Waals surface area contributed by atoms with Gasteiger partial charge in [0, 0.05) is 36.1 Å². The molecule has 1 aromatic carbocycles. The number of halogens is 3. The van der Waals surface area contributed by atoms with E-state index in [1.807, 2.05) is 18.5 Å². The Morgan fingerprint density at radius 2 is 1.96 bits per heavy atom. The fraction of sp³-hybridized carbons (Fsp3) is 0.556. The van der Waals surface area contributed by atoms with Crippen LogP contribution in [0.15, 0.2) is 30.6 Å². The maximum atomic E-state index is 6.22. The van der Waals surface area contributed by atoms with Crippen LogP contribution in [0.2, 0.25) is 5.02 Å². The van der Waals surface area contributed by atoms with Crippen LogP contribution in [-0.2, 0) is 18.5 Å². The molecular weight excluding hydrogens is 393 g/mol. The molecule has 0 saturated heterocycles. The van der Waals surface area contributed by atoms with Crippen LogP contribution in [0.5, 0.6) is 0 Å². The van der Waals surface area contributed by atoms with Crippen molar-refractivity contribution in [1.29, 1.82) is 0 Å². The minimum absolute atomic E-state index is 0. The molecule has 144 valence electrons. The fourth-order valence-electron chi connectivity index (χ4n) is 4.35. The van der Waals surface area contributed by atoms with E-state index in [1.54, 1.807) is 0 Å². The third-order valence-corrected chi connectivity index (χ3v) is 6.16. The van der Waals surface area contributed by atoms with E-state index < -0.39 is 0 Å². The van der Waals surface area contributed by atoms with Crippen molar-refractivity contribution in [3.63, 3.8) is 0 Å². The predicted octanol–water partition coefficient (Wildman–Crippen LogP) is 3.43. The van der Waals surface area contributed by atoms with Crippen LogP contribution >= 0.6 is 36.4 Å². The molecule has 8 heteroatoms. The van der Waals surface area contributed by atoms with Crippen LogP contribution in [0.3, 0.4) is 0 Å². The van der Waals surface area contributed by atoms with Gasteiger partial charge < -0.3 is 10.3 Å². The molecule has 4 rings (SSSR count). The van der Waals surface area contributed by atoms with Crippen molar-refractivity contribution >= 4 is 36.4 Å². The Hall–Kier alpha value is -0.850. The quantitative estimate of drug-likeness (QED) is 0.829. The van der Waals surface area contributed by atoms with Gasteiger partial charge in [-0.1, -0.05) is 23.7 Å². The van der Waals surface area contributed by atoms with E-state index >= 15 is 0 Å². The Labute approximate surface area is 172 Å². The van der Waals surface area contributed by atoms with Gasteiger partial charge in [-0.05, 0) is 43.4 Å². The second-order valence-corrected chi connectivity index (χ2v) is 7.57. The van der Waals surface area contributed by atoms with Gasteiger partial charge in [0.1, 0.15) is 12.2 Å². The van der Waals surface area contributed by atoms with E-state index in [2.05, 4.69) is 31.8 Å². The normalized spacial score (nSPS) is 25.7. The van der Waals surface area contributed by atoms with Crippen molar-refractivity contribution in [2.45, 2.75) is 50.2 Å².